The van der Waals surface area contributed by atoms with Crippen LogP contribution in [0.25, 0.3) is 10.8 Å². The van der Waals surface area contributed by atoms with Crippen LogP contribution in [0, 0.1) is 5.92 Å². The maximum atomic E-state index is 12.1. The normalized spacial score (nSPS) is 26.1. The summed E-state index contributed by atoms with van der Waals surface area (Å²) in [6.07, 6.45) is 7.50. The van der Waals surface area contributed by atoms with E-state index in [4.69, 9.17) is 16.3 Å². The molecule has 0 radical (unpaired) electrons. The van der Waals surface area contributed by atoms with Gasteiger partial charge in [0.05, 0.1) is 6.10 Å². The van der Waals surface area contributed by atoms with E-state index in [2.05, 4.69) is 28.2 Å². The van der Waals surface area contributed by atoms with Crippen LogP contribution in [-0.2, 0) is 9.53 Å². The van der Waals surface area contributed by atoms with Gasteiger partial charge < -0.3 is 10.1 Å². The number of aromatic nitrogens is 1. The Labute approximate surface area is 176 Å². The minimum atomic E-state index is 0.0866. The molecule has 0 spiro atoms. The number of carbonyl (C=O) groups excluding carboxylic acids is 1. The molecule has 1 amide bonds. The lowest BCUT2D eigenvalue weighted by Crippen LogP contribution is -2.44. The first kappa shape index (κ1) is 19.3. The van der Waals surface area contributed by atoms with Gasteiger partial charge in [-0.1, -0.05) is 11.6 Å². The molecule has 154 valence electrons. The standard InChI is InChI=1S/C23H28ClN3O2/c1-14-21(6-9-29-14)27-7-4-15(5-8-27)19-10-17-12-22(26-23(28)16-2-3-16)25-13-18(17)11-20(19)24/h10-16,21H,2-9H2,1H3,(H,25,26,28)/t14-,21+/m0/s1. The highest BCUT2D eigenvalue weighted by Crippen LogP contribution is 2.37. The molecular weight excluding hydrogens is 386 g/mol. The van der Waals surface area contributed by atoms with Gasteiger partial charge in [0.2, 0.25) is 5.91 Å². The Hall–Kier alpha value is -1.69. The van der Waals surface area contributed by atoms with Crippen molar-refractivity contribution in [3.05, 3.63) is 35.0 Å². The Morgan fingerprint density at radius 1 is 1.14 bits per heavy atom. The van der Waals surface area contributed by atoms with Crippen molar-refractivity contribution < 1.29 is 9.53 Å². The van der Waals surface area contributed by atoms with Crippen molar-refractivity contribution in [3.63, 3.8) is 0 Å². The number of piperidine rings is 1. The Morgan fingerprint density at radius 3 is 2.62 bits per heavy atom. The summed E-state index contributed by atoms with van der Waals surface area (Å²) in [5, 5.41) is 5.87. The van der Waals surface area contributed by atoms with Gasteiger partial charge in [-0.2, -0.15) is 0 Å². The molecule has 5 nitrogen and oxygen atoms in total. The number of pyridine rings is 1. The van der Waals surface area contributed by atoms with Crippen molar-refractivity contribution in [2.75, 3.05) is 25.0 Å². The summed E-state index contributed by atoms with van der Waals surface area (Å²) in [6, 6.07) is 6.76. The highest BCUT2D eigenvalue weighted by atomic mass is 35.5. The zero-order chi connectivity index (χ0) is 20.0. The van der Waals surface area contributed by atoms with E-state index < -0.39 is 0 Å². The fraction of sp³-hybridized carbons (Fsp3) is 0.565. The van der Waals surface area contributed by atoms with Crippen LogP contribution in [0.4, 0.5) is 5.82 Å². The molecule has 1 aliphatic carbocycles. The van der Waals surface area contributed by atoms with E-state index in [-0.39, 0.29) is 11.8 Å². The average Bonchev–Trinajstić information content (AvgIpc) is 3.49. The molecule has 3 heterocycles. The molecular formula is C23H28ClN3O2. The molecule has 3 fully saturated rings. The summed E-state index contributed by atoms with van der Waals surface area (Å²) >= 11 is 6.67. The zero-order valence-electron chi connectivity index (χ0n) is 16.9. The Kier molecular flexibility index (Phi) is 5.23. The molecule has 2 aromatic rings. The maximum Gasteiger partial charge on any atom is 0.228 e. The van der Waals surface area contributed by atoms with Gasteiger partial charge >= 0.3 is 0 Å². The van der Waals surface area contributed by atoms with E-state index in [0.29, 0.717) is 23.9 Å². The minimum Gasteiger partial charge on any atom is -0.377 e. The van der Waals surface area contributed by atoms with Crippen LogP contribution in [0.3, 0.4) is 0 Å². The number of ether oxygens (including phenoxy) is 1. The number of rotatable bonds is 4. The number of hydrogen-bond acceptors (Lipinski definition) is 4. The summed E-state index contributed by atoms with van der Waals surface area (Å²) in [6.45, 7) is 5.26. The van der Waals surface area contributed by atoms with Gasteiger partial charge in [0, 0.05) is 35.2 Å². The van der Waals surface area contributed by atoms with Crippen LogP contribution in [0.5, 0.6) is 0 Å². The van der Waals surface area contributed by atoms with Crippen molar-refractivity contribution in [3.8, 4) is 0 Å². The number of nitrogens with one attached hydrogen (secondary N) is 1. The molecule has 0 bridgehead atoms. The summed E-state index contributed by atoms with van der Waals surface area (Å²) in [7, 11) is 0. The van der Waals surface area contributed by atoms with E-state index >= 15 is 0 Å². The van der Waals surface area contributed by atoms with Gasteiger partial charge in [0.25, 0.3) is 0 Å². The van der Waals surface area contributed by atoms with Gasteiger partial charge in [-0.25, -0.2) is 4.98 Å². The lowest BCUT2D eigenvalue weighted by molar-refractivity contribution is -0.117. The fourth-order valence-corrected chi connectivity index (χ4v) is 5.21. The molecule has 6 heteroatoms. The van der Waals surface area contributed by atoms with E-state index in [1.165, 1.54) is 5.56 Å². The van der Waals surface area contributed by atoms with Crippen molar-refractivity contribution >= 4 is 34.1 Å². The van der Waals surface area contributed by atoms with Crippen LogP contribution in [0.1, 0.15) is 50.5 Å². The van der Waals surface area contributed by atoms with Crippen molar-refractivity contribution in [2.45, 2.75) is 57.1 Å². The number of fused-ring (bicyclic) bond motifs is 1. The lowest BCUT2D eigenvalue weighted by Gasteiger charge is -2.37. The number of nitrogens with zero attached hydrogens (tertiary/aromatic N) is 2. The molecule has 2 aliphatic heterocycles. The molecule has 0 unspecified atom stereocenters. The second-order valence-electron chi connectivity index (χ2n) is 8.80. The summed E-state index contributed by atoms with van der Waals surface area (Å²) in [5.74, 6) is 1.36. The average molecular weight is 414 g/mol. The van der Waals surface area contributed by atoms with E-state index in [1.54, 1.807) is 6.20 Å². The van der Waals surface area contributed by atoms with Crippen LogP contribution < -0.4 is 5.32 Å². The number of amides is 1. The summed E-state index contributed by atoms with van der Waals surface area (Å²) in [4.78, 5) is 19.0. The predicted octanol–water partition coefficient (Wildman–Crippen LogP) is 4.59. The minimum absolute atomic E-state index is 0.0866. The van der Waals surface area contributed by atoms with Gasteiger partial charge in [-0.05, 0) is 87.2 Å². The Balaban J connectivity index is 1.32. The number of halogens is 1. The van der Waals surface area contributed by atoms with Gasteiger partial charge in [-0.3, -0.25) is 9.69 Å². The lowest BCUT2D eigenvalue weighted by atomic mass is 9.87. The molecule has 2 saturated heterocycles. The number of benzene rings is 1. The Morgan fingerprint density at radius 2 is 1.93 bits per heavy atom. The van der Waals surface area contributed by atoms with Gasteiger partial charge in [-0.15, -0.1) is 0 Å². The van der Waals surface area contributed by atoms with Crippen LogP contribution in [-0.4, -0.2) is 47.6 Å². The first-order valence-electron chi connectivity index (χ1n) is 10.8. The SMILES string of the molecule is C[C@@H]1OCC[C@H]1N1CCC(c2cc3cc(NC(=O)C4CC4)ncc3cc2Cl)CC1. The van der Waals surface area contributed by atoms with Crippen LogP contribution >= 0.6 is 11.6 Å². The maximum absolute atomic E-state index is 12.1. The molecule has 1 saturated carbocycles. The van der Waals surface area contributed by atoms with Crippen molar-refractivity contribution in [1.29, 1.82) is 0 Å². The predicted molar refractivity (Wildman–Crippen MR) is 115 cm³/mol. The summed E-state index contributed by atoms with van der Waals surface area (Å²) in [5.41, 5.74) is 1.22. The molecule has 29 heavy (non-hydrogen) atoms. The van der Waals surface area contributed by atoms with Crippen LogP contribution in [0.15, 0.2) is 24.4 Å². The molecule has 5 rings (SSSR count). The molecule has 3 aliphatic rings. The fourth-order valence-electron chi connectivity index (χ4n) is 4.88. The monoisotopic (exact) mass is 413 g/mol. The van der Waals surface area contributed by atoms with Gasteiger partial charge in [0.1, 0.15) is 5.82 Å². The second kappa shape index (κ2) is 7.86. The van der Waals surface area contributed by atoms with E-state index in [0.717, 1.165) is 67.6 Å². The molecule has 1 N–H and O–H groups in total. The molecule has 1 aromatic carbocycles. The number of hydrogen-bond donors (Lipinski definition) is 1. The van der Waals surface area contributed by atoms with Gasteiger partial charge in [0.15, 0.2) is 0 Å². The molecule has 2 atom stereocenters. The number of anilines is 1. The summed E-state index contributed by atoms with van der Waals surface area (Å²) < 4.78 is 5.76. The number of likely N-dealkylation sites (tertiary alicyclic amines) is 1. The first-order valence-corrected chi connectivity index (χ1v) is 11.2. The van der Waals surface area contributed by atoms with Crippen molar-refractivity contribution in [1.82, 2.24) is 9.88 Å². The van der Waals surface area contributed by atoms with E-state index in [9.17, 15) is 4.79 Å². The third-order valence-electron chi connectivity index (χ3n) is 6.81. The smallest absolute Gasteiger partial charge is 0.228 e. The quantitative estimate of drug-likeness (QED) is 0.796. The third kappa shape index (κ3) is 4.00. The Bertz CT molecular complexity index is 922. The third-order valence-corrected chi connectivity index (χ3v) is 7.14. The largest absolute Gasteiger partial charge is 0.377 e. The highest BCUT2D eigenvalue weighted by molar-refractivity contribution is 6.32. The molecule has 1 aromatic heterocycles. The van der Waals surface area contributed by atoms with Crippen LogP contribution in [0.2, 0.25) is 5.02 Å². The first-order chi connectivity index (χ1) is 14.1. The van der Waals surface area contributed by atoms with Crippen molar-refractivity contribution in [2.24, 2.45) is 5.92 Å². The zero-order valence-corrected chi connectivity index (χ0v) is 17.6. The van der Waals surface area contributed by atoms with E-state index in [1.807, 2.05) is 12.1 Å². The topological polar surface area (TPSA) is 54.5 Å². The second-order valence-corrected chi connectivity index (χ2v) is 9.20. The number of carbonyl (C=O) groups is 1. The highest BCUT2D eigenvalue weighted by Gasteiger charge is 2.33.